The Morgan fingerprint density at radius 1 is 1.00 bits per heavy atom. The number of methoxy groups -OCH3 is 1. The molecule has 1 saturated heterocycles. The zero-order valence-electron chi connectivity index (χ0n) is 21.0. The molecule has 2 aromatic carbocycles. The quantitative estimate of drug-likeness (QED) is 0.476. The second kappa shape index (κ2) is 11.2. The smallest absolute Gasteiger partial charge is 0.338 e. The average Bonchev–Trinajstić information content (AvgIpc) is 3.37. The molecule has 0 N–H and O–H groups in total. The van der Waals surface area contributed by atoms with Gasteiger partial charge in [-0.2, -0.15) is 5.10 Å². The van der Waals surface area contributed by atoms with E-state index in [9.17, 15) is 14.4 Å². The summed E-state index contributed by atoms with van der Waals surface area (Å²) in [5.74, 6) is -0.594. The maximum Gasteiger partial charge on any atom is 0.338 e. The van der Waals surface area contributed by atoms with Crippen LogP contribution in [0.5, 0.6) is 0 Å². The highest BCUT2D eigenvalue weighted by atomic mass is 16.5. The highest BCUT2D eigenvalue weighted by Gasteiger charge is 2.34. The molecule has 1 aromatic heterocycles. The molecule has 8 heteroatoms. The number of carbonyl (C=O) groups is 3. The van der Waals surface area contributed by atoms with E-state index < -0.39 is 5.97 Å². The van der Waals surface area contributed by atoms with Crippen LogP contribution >= 0.6 is 0 Å². The molecule has 0 bridgehead atoms. The van der Waals surface area contributed by atoms with Gasteiger partial charge in [-0.25, -0.2) is 4.79 Å². The fourth-order valence-electron chi connectivity index (χ4n) is 4.95. The molecule has 1 atom stereocenters. The van der Waals surface area contributed by atoms with Gasteiger partial charge in [-0.3, -0.25) is 14.3 Å². The molecule has 36 heavy (non-hydrogen) atoms. The van der Waals surface area contributed by atoms with Crippen molar-refractivity contribution in [2.75, 3.05) is 27.2 Å². The molecule has 3 aromatic rings. The number of hydrogen-bond acceptors (Lipinski definition) is 5. The van der Waals surface area contributed by atoms with Gasteiger partial charge in [0.15, 0.2) is 0 Å². The summed E-state index contributed by atoms with van der Waals surface area (Å²) in [7, 11) is 4.95. The molecule has 0 spiro atoms. The van der Waals surface area contributed by atoms with Crippen molar-refractivity contribution < 1.29 is 19.1 Å². The summed E-state index contributed by atoms with van der Waals surface area (Å²) in [5, 5.41) is 4.30. The van der Waals surface area contributed by atoms with Crippen molar-refractivity contribution >= 4 is 17.8 Å². The predicted molar refractivity (Wildman–Crippen MR) is 136 cm³/mol. The van der Waals surface area contributed by atoms with Gasteiger partial charge in [0.1, 0.15) is 5.69 Å². The molecule has 0 saturated carbocycles. The third kappa shape index (κ3) is 5.48. The number of benzene rings is 2. The van der Waals surface area contributed by atoms with Crippen LogP contribution in [0.2, 0.25) is 0 Å². The van der Waals surface area contributed by atoms with E-state index in [-0.39, 0.29) is 29.3 Å². The first kappa shape index (κ1) is 25.2. The van der Waals surface area contributed by atoms with E-state index in [4.69, 9.17) is 4.74 Å². The fraction of sp³-hybridized carbons (Fsp3) is 0.357. The van der Waals surface area contributed by atoms with Gasteiger partial charge >= 0.3 is 5.97 Å². The molecular weight excluding hydrogens is 456 g/mol. The first-order valence-electron chi connectivity index (χ1n) is 12.2. The highest BCUT2D eigenvalue weighted by molar-refractivity contribution is 6.05. The van der Waals surface area contributed by atoms with E-state index in [0.29, 0.717) is 24.3 Å². The minimum absolute atomic E-state index is 0.0403. The van der Waals surface area contributed by atoms with Crippen molar-refractivity contribution in [1.29, 1.82) is 0 Å². The van der Waals surface area contributed by atoms with Crippen molar-refractivity contribution in [2.24, 2.45) is 13.0 Å². The molecule has 0 radical (unpaired) electrons. The molecule has 0 unspecified atom stereocenters. The molecule has 1 aliphatic heterocycles. The number of piperidine rings is 1. The van der Waals surface area contributed by atoms with Gasteiger partial charge in [0.05, 0.1) is 18.2 Å². The van der Waals surface area contributed by atoms with E-state index in [1.54, 1.807) is 53.2 Å². The van der Waals surface area contributed by atoms with Crippen LogP contribution in [0.1, 0.15) is 49.6 Å². The van der Waals surface area contributed by atoms with Crippen LogP contribution in [-0.2, 0) is 18.2 Å². The number of amides is 2. The second-order valence-corrected chi connectivity index (χ2v) is 9.21. The van der Waals surface area contributed by atoms with Gasteiger partial charge in [0, 0.05) is 39.4 Å². The summed E-state index contributed by atoms with van der Waals surface area (Å²) in [5.41, 5.74) is 2.21. The Kier molecular flexibility index (Phi) is 7.83. The molecule has 4 rings (SSSR count). The van der Waals surface area contributed by atoms with Crippen molar-refractivity contribution in [2.45, 2.75) is 25.3 Å². The number of ether oxygens (including phenoxy) is 1. The van der Waals surface area contributed by atoms with Crippen molar-refractivity contribution in [3.63, 3.8) is 0 Å². The van der Waals surface area contributed by atoms with Crippen LogP contribution in [0.3, 0.4) is 0 Å². The zero-order valence-corrected chi connectivity index (χ0v) is 21.0. The lowest BCUT2D eigenvalue weighted by Gasteiger charge is -2.40. The van der Waals surface area contributed by atoms with Gasteiger partial charge in [-0.15, -0.1) is 0 Å². The summed E-state index contributed by atoms with van der Waals surface area (Å²) in [4.78, 5) is 42.3. The third-order valence-corrected chi connectivity index (χ3v) is 6.97. The second-order valence-electron chi connectivity index (χ2n) is 9.21. The lowest BCUT2D eigenvalue weighted by atomic mass is 9.84. The zero-order chi connectivity index (χ0) is 25.7. The van der Waals surface area contributed by atoms with Crippen LogP contribution in [0.25, 0.3) is 0 Å². The van der Waals surface area contributed by atoms with E-state index in [1.807, 2.05) is 30.1 Å². The molecule has 1 aliphatic rings. The van der Waals surface area contributed by atoms with Crippen molar-refractivity contribution in [3.05, 3.63) is 89.2 Å². The average molecular weight is 489 g/mol. The maximum absolute atomic E-state index is 13.3. The van der Waals surface area contributed by atoms with Crippen LogP contribution < -0.4 is 0 Å². The first-order valence-corrected chi connectivity index (χ1v) is 12.2. The lowest BCUT2D eigenvalue weighted by molar-refractivity contribution is 0.0512. The Morgan fingerprint density at radius 3 is 2.25 bits per heavy atom. The molecule has 1 fully saturated rings. The number of aromatic nitrogens is 2. The Balaban J connectivity index is 1.50. The van der Waals surface area contributed by atoms with Gasteiger partial charge in [0.2, 0.25) is 0 Å². The Labute approximate surface area is 211 Å². The molecule has 2 heterocycles. The van der Waals surface area contributed by atoms with Crippen LogP contribution in [0.4, 0.5) is 0 Å². The monoisotopic (exact) mass is 488 g/mol. The molecule has 2 amide bonds. The maximum atomic E-state index is 13.3. The summed E-state index contributed by atoms with van der Waals surface area (Å²) >= 11 is 0. The Morgan fingerprint density at radius 2 is 1.64 bits per heavy atom. The SMILES string of the molecule is COC(=O)c1ccccc1C(=O)N1CCC([C@@H](Cc2ccccc2)N(C)C(=O)c2ccn(C)n2)CC1. The Hall–Kier alpha value is -3.94. The van der Waals surface area contributed by atoms with Crippen molar-refractivity contribution in [1.82, 2.24) is 19.6 Å². The van der Waals surface area contributed by atoms with Gasteiger partial charge in [-0.1, -0.05) is 42.5 Å². The first-order chi connectivity index (χ1) is 17.4. The number of hydrogen-bond donors (Lipinski definition) is 0. The number of likely N-dealkylation sites (N-methyl/N-ethyl adjacent to an activating group) is 1. The number of aryl methyl sites for hydroxylation is 1. The van der Waals surface area contributed by atoms with Gasteiger partial charge in [0.25, 0.3) is 11.8 Å². The molecule has 188 valence electrons. The van der Waals surface area contributed by atoms with E-state index in [1.165, 1.54) is 7.11 Å². The number of likely N-dealkylation sites (tertiary alicyclic amines) is 1. The fourth-order valence-corrected chi connectivity index (χ4v) is 4.95. The number of rotatable bonds is 7. The summed E-state index contributed by atoms with van der Waals surface area (Å²) < 4.78 is 6.48. The normalized spacial score (nSPS) is 14.8. The van der Waals surface area contributed by atoms with Crippen LogP contribution in [0, 0.1) is 5.92 Å². The van der Waals surface area contributed by atoms with Crippen molar-refractivity contribution in [3.8, 4) is 0 Å². The standard InChI is InChI=1S/C28H32N4O4/c1-30-16-15-24(29-30)27(34)31(2)25(19-20-9-5-4-6-10-20)21-13-17-32(18-14-21)26(33)22-11-7-8-12-23(22)28(35)36-3/h4-12,15-16,21,25H,13-14,17-19H2,1-3H3/t25-/m1/s1. The number of nitrogens with zero attached hydrogens (tertiary/aromatic N) is 4. The van der Waals surface area contributed by atoms with Gasteiger partial charge < -0.3 is 14.5 Å². The Bertz CT molecular complexity index is 1220. The molecular formula is C28H32N4O4. The highest BCUT2D eigenvalue weighted by Crippen LogP contribution is 2.28. The minimum Gasteiger partial charge on any atom is -0.465 e. The predicted octanol–water partition coefficient (Wildman–Crippen LogP) is 3.44. The number of esters is 1. The topological polar surface area (TPSA) is 84.7 Å². The van der Waals surface area contributed by atoms with E-state index in [0.717, 1.165) is 24.8 Å². The van der Waals surface area contributed by atoms with Crippen LogP contribution in [0.15, 0.2) is 66.9 Å². The third-order valence-electron chi connectivity index (χ3n) is 6.97. The summed E-state index contributed by atoms with van der Waals surface area (Å²) in [6.45, 7) is 1.10. The largest absolute Gasteiger partial charge is 0.465 e. The minimum atomic E-state index is -0.522. The lowest BCUT2D eigenvalue weighted by Crippen LogP contribution is -2.48. The number of carbonyl (C=O) groups excluding carboxylic acids is 3. The summed E-state index contributed by atoms with van der Waals surface area (Å²) in [6, 6.07) is 18.6. The van der Waals surface area contributed by atoms with E-state index in [2.05, 4.69) is 17.2 Å². The van der Waals surface area contributed by atoms with E-state index >= 15 is 0 Å². The van der Waals surface area contributed by atoms with Crippen LogP contribution in [-0.4, -0.2) is 70.7 Å². The molecule has 8 nitrogen and oxygen atoms in total. The van der Waals surface area contributed by atoms with Gasteiger partial charge in [-0.05, 0) is 48.9 Å². The summed E-state index contributed by atoms with van der Waals surface area (Å²) in [6.07, 6.45) is 4.00. The molecule has 0 aliphatic carbocycles.